The second-order valence-electron chi connectivity index (χ2n) is 6.27. The SMILES string of the molecule is Cc1cc(S[C@@H](C)C(=O)Nc2ccccc2[N+](=O)[O-])nc2c(C)cccc12. The molecule has 2 aromatic carbocycles. The summed E-state index contributed by atoms with van der Waals surface area (Å²) < 4.78 is 0. The highest BCUT2D eigenvalue weighted by atomic mass is 32.2. The van der Waals surface area contributed by atoms with Crippen molar-refractivity contribution in [2.75, 3.05) is 5.32 Å². The largest absolute Gasteiger partial charge is 0.319 e. The van der Waals surface area contributed by atoms with E-state index in [2.05, 4.69) is 10.3 Å². The molecule has 1 amide bonds. The highest BCUT2D eigenvalue weighted by Crippen LogP contribution is 2.29. The molecule has 0 saturated carbocycles. The molecule has 7 heteroatoms. The number of carbonyl (C=O) groups is 1. The molecule has 6 nitrogen and oxygen atoms in total. The van der Waals surface area contributed by atoms with Gasteiger partial charge in [0, 0.05) is 11.5 Å². The van der Waals surface area contributed by atoms with Crippen molar-refractivity contribution >= 4 is 39.9 Å². The van der Waals surface area contributed by atoms with E-state index in [1.54, 1.807) is 19.1 Å². The number of benzene rings is 2. The molecule has 3 aromatic rings. The number of amides is 1. The third-order valence-electron chi connectivity index (χ3n) is 4.25. The molecule has 0 spiro atoms. The number of rotatable bonds is 5. The number of carbonyl (C=O) groups excluding carboxylic acids is 1. The highest BCUT2D eigenvalue weighted by Gasteiger charge is 2.20. The van der Waals surface area contributed by atoms with E-state index in [9.17, 15) is 14.9 Å². The molecule has 0 aliphatic heterocycles. The summed E-state index contributed by atoms with van der Waals surface area (Å²) >= 11 is 1.33. The molecule has 27 heavy (non-hydrogen) atoms. The summed E-state index contributed by atoms with van der Waals surface area (Å²) in [4.78, 5) is 27.8. The second-order valence-corrected chi connectivity index (χ2v) is 7.63. The molecule has 138 valence electrons. The van der Waals surface area contributed by atoms with Crippen molar-refractivity contribution in [2.24, 2.45) is 0 Å². The van der Waals surface area contributed by atoms with E-state index >= 15 is 0 Å². The Morgan fingerprint density at radius 1 is 1.15 bits per heavy atom. The van der Waals surface area contributed by atoms with E-state index in [1.165, 1.54) is 23.9 Å². The van der Waals surface area contributed by atoms with Crippen molar-refractivity contribution in [1.29, 1.82) is 0 Å². The van der Waals surface area contributed by atoms with Gasteiger partial charge in [-0.2, -0.15) is 0 Å². The van der Waals surface area contributed by atoms with Crippen molar-refractivity contribution in [3.63, 3.8) is 0 Å². The molecular weight excluding hydrogens is 362 g/mol. The number of nitrogens with one attached hydrogen (secondary N) is 1. The van der Waals surface area contributed by atoms with E-state index in [-0.39, 0.29) is 17.3 Å². The number of para-hydroxylation sites is 3. The van der Waals surface area contributed by atoms with Crippen molar-refractivity contribution in [3.05, 3.63) is 69.8 Å². The lowest BCUT2D eigenvalue weighted by Crippen LogP contribution is -2.23. The fourth-order valence-corrected chi connectivity index (χ4v) is 3.72. The van der Waals surface area contributed by atoms with Gasteiger partial charge in [0.05, 0.1) is 20.7 Å². The summed E-state index contributed by atoms with van der Waals surface area (Å²) in [6.07, 6.45) is 0. The number of nitro benzene ring substituents is 1. The maximum Gasteiger partial charge on any atom is 0.292 e. The minimum absolute atomic E-state index is 0.127. The number of thioether (sulfide) groups is 1. The van der Waals surface area contributed by atoms with Gasteiger partial charge < -0.3 is 5.32 Å². The number of hydrogen-bond donors (Lipinski definition) is 1. The van der Waals surface area contributed by atoms with E-state index in [1.807, 2.05) is 38.1 Å². The van der Waals surface area contributed by atoms with Crippen molar-refractivity contribution in [3.8, 4) is 0 Å². The van der Waals surface area contributed by atoms with Gasteiger partial charge in [0.25, 0.3) is 5.69 Å². The second kappa shape index (κ2) is 7.75. The first-order valence-electron chi connectivity index (χ1n) is 8.44. The van der Waals surface area contributed by atoms with E-state index in [0.29, 0.717) is 0 Å². The Bertz CT molecular complexity index is 1040. The molecule has 1 aromatic heterocycles. The third-order valence-corrected chi connectivity index (χ3v) is 5.27. The van der Waals surface area contributed by atoms with Crippen molar-refractivity contribution < 1.29 is 9.72 Å². The monoisotopic (exact) mass is 381 g/mol. The Morgan fingerprint density at radius 3 is 2.63 bits per heavy atom. The van der Waals surface area contributed by atoms with Crippen LogP contribution in [0.2, 0.25) is 0 Å². The van der Waals surface area contributed by atoms with Crippen LogP contribution >= 0.6 is 11.8 Å². The molecule has 1 heterocycles. The third kappa shape index (κ3) is 4.09. The van der Waals surface area contributed by atoms with Gasteiger partial charge in [-0.1, -0.05) is 42.1 Å². The van der Waals surface area contributed by atoms with E-state index in [4.69, 9.17) is 0 Å². The Kier molecular flexibility index (Phi) is 5.41. The molecular formula is C20H19N3O3S. The molecule has 0 fully saturated rings. The summed E-state index contributed by atoms with van der Waals surface area (Å²) in [6, 6.07) is 14.1. The molecule has 0 aliphatic carbocycles. The van der Waals surface area contributed by atoms with Gasteiger partial charge in [0.1, 0.15) is 5.69 Å². The molecule has 0 unspecified atom stereocenters. The van der Waals surface area contributed by atoms with Crippen LogP contribution in [-0.2, 0) is 4.79 Å². The number of fused-ring (bicyclic) bond motifs is 1. The average Bonchev–Trinajstić information content (AvgIpc) is 2.63. The lowest BCUT2D eigenvalue weighted by molar-refractivity contribution is -0.383. The van der Waals surface area contributed by atoms with Gasteiger partial charge in [0.2, 0.25) is 5.91 Å². The van der Waals surface area contributed by atoms with Gasteiger partial charge in [-0.3, -0.25) is 14.9 Å². The lowest BCUT2D eigenvalue weighted by atomic mass is 10.1. The quantitative estimate of drug-likeness (QED) is 0.387. The number of aromatic nitrogens is 1. The number of anilines is 1. The summed E-state index contributed by atoms with van der Waals surface area (Å²) in [6.45, 7) is 5.79. The number of nitrogens with zero attached hydrogens (tertiary/aromatic N) is 2. The molecule has 0 saturated heterocycles. The summed E-state index contributed by atoms with van der Waals surface area (Å²) in [5, 5.41) is 15.1. The van der Waals surface area contributed by atoms with Crippen LogP contribution < -0.4 is 5.32 Å². The molecule has 1 N–H and O–H groups in total. The zero-order chi connectivity index (χ0) is 19.6. The van der Waals surface area contributed by atoms with Crippen LogP contribution in [0.4, 0.5) is 11.4 Å². The molecule has 1 atom stereocenters. The molecule has 0 radical (unpaired) electrons. The van der Waals surface area contributed by atoms with Crippen molar-refractivity contribution in [1.82, 2.24) is 4.98 Å². The zero-order valence-electron chi connectivity index (χ0n) is 15.2. The topological polar surface area (TPSA) is 85.1 Å². The fourth-order valence-electron chi connectivity index (χ4n) is 2.80. The van der Waals surface area contributed by atoms with E-state index in [0.717, 1.165) is 27.1 Å². The minimum atomic E-state index is -0.509. The van der Waals surface area contributed by atoms with Gasteiger partial charge in [-0.15, -0.1) is 0 Å². The van der Waals surface area contributed by atoms with Crippen LogP contribution in [0.1, 0.15) is 18.1 Å². The summed E-state index contributed by atoms with van der Waals surface area (Å²) in [5.74, 6) is -0.307. The van der Waals surface area contributed by atoms with Crippen LogP contribution in [0.25, 0.3) is 10.9 Å². The smallest absolute Gasteiger partial charge is 0.292 e. The first kappa shape index (κ1) is 18.8. The average molecular weight is 381 g/mol. The maximum atomic E-state index is 12.5. The van der Waals surface area contributed by atoms with Gasteiger partial charge >= 0.3 is 0 Å². The number of aryl methyl sites for hydroxylation is 2. The summed E-state index contributed by atoms with van der Waals surface area (Å²) in [5.41, 5.74) is 3.16. The number of nitro groups is 1. The molecule has 3 rings (SSSR count). The highest BCUT2D eigenvalue weighted by molar-refractivity contribution is 8.00. The van der Waals surface area contributed by atoms with Crippen LogP contribution in [0.15, 0.2) is 53.6 Å². The molecule has 0 aliphatic rings. The minimum Gasteiger partial charge on any atom is -0.319 e. The predicted octanol–water partition coefficient (Wildman–Crippen LogP) is 4.88. The van der Waals surface area contributed by atoms with Crippen LogP contribution in [-0.4, -0.2) is 21.1 Å². The molecule has 0 bridgehead atoms. The predicted molar refractivity (Wildman–Crippen MR) is 108 cm³/mol. The van der Waals surface area contributed by atoms with Gasteiger partial charge in [-0.05, 0) is 44.0 Å². The lowest BCUT2D eigenvalue weighted by Gasteiger charge is -2.13. The number of hydrogen-bond acceptors (Lipinski definition) is 5. The van der Waals surface area contributed by atoms with Crippen molar-refractivity contribution in [2.45, 2.75) is 31.0 Å². The van der Waals surface area contributed by atoms with Crippen LogP contribution in [0.5, 0.6) is 0 Å². The first-order valence-corrected chi connectivity index (χ1v) is 9.32. The Labute approximate surface area is 161 Å². The van der Waals surface area contributed by atoms with E-state index < -0.39 is 10.2 Å². The summed E-state index contributed by atoms with van der Waals surface area (Å²) in [7, 11) is 0. The normalized spacial score (nSPS) is 12.0. The standard InChI is InChI=1S/C20H19N3O3S/c1-12-7-6-8-15-13(2)11-18(22-19(12)15)27-14(3)20(24)21-16-9-4-5-10-17(16)23(25)26/h4-11,14H,1-3H3,(H,21,24)/t14-/m0/s1. The Balaban J connectivity index is 1.80. The zero-order valence-corrected chi connectivity index (χ0v) is 16.0. The van der Waals surface area contributed by atoms with Crippen LogP contribution in [0, 0.1) is 24.0 Å². The van der Waals surface area contributed by atoms with Gasteiger partial charge in [-0.25, -0.2) is 4.98 Å². The first-order chi connectivity index (χ1) is 12.9. The van der Waals surface area contributed by atoms with Gasteiger partial charge in [0.15, 0.2) is 0 Å². The Morgan fingerprint density at radius 2 is 1.89 bits per heavy atom. The maximum absolute atomic E-state index is 12.5. The number of pyridine rings is 1. The fraction of sp³-hybridized carbons (Fsp3) is 0.200. The van der Waals surface area contributed by atoms with Crippen LogP contribution in [0.3, 0.4) is 0 Å². The Hall–Kier alpha value is -2.93.